The average Bonchev–Trinajstić information content (AvgIpc) is 2.38. The first kappa shape index (κ1) is 14.9. The lowest BCUT2D eigenvalue weighted by atomic mass is 10.0. The van der Waals surface area contributed by atoms with Crippen LogP contribution in [0.25, 0.3) is 0 Å². The van der Waals surface area contributed by atoms with E-state index in [0.29, 0.717) is 31.8 Å². The zero-order chi connectivity index (χ0) is 14.8. The van der Waals surface area contributed by atoms with E-state index in [4.69, 9.17) is 4.74 Å². The molecule has 1 N–H and O–H groups in total. The van der Waals surface area contributed by atoms with Gasteiger partial charge in [-0.3, -0.25) is 4.79 Å². The number of ketones is 1. The minimum absolute atomic E-state index is 0.0117. The second kappa shape index (κ2) is 5.88. The molecule has 1 heterocycles. The standard InChI is InChI=1S/C13H13F4NO2/c14-11-5-8(1-2-10(11)13(15,16)17)12(19)6-9-7-18-3-4-20-9/h1-2,5,9,18H,3-4,6-7H2. The quantitative estimate of drug-likeness (QED) is 0.686. The molecule has 20 heavy (non-hydrogen) atoms. The Hall–Kier alpha value is -1.47. The molecule has 1 aliphatic rings. The van der Waals surface area contributed by atoms with Gasteiger partial charge < -0.3 is 10.1 Å². The van der Waals surface area contributed by atoms with Crippen LogP contribution in [-0.4, -0.2) is 31.6 Å². The van der Waals surface area contributed by atoms with Crippen molar-refractivity contribution in [2.45, 2.75) is 18.7 Å². The molecule has 0 aromatic heterocycles. The second-order valence-corrected chi connectivity index (χ2v) is 4.52. The molecule has 7 heteroatoms. The first-order valence-corrected chi connectivity index (χ1v) is 6.10. The number of benzene rings is 1. The van der Waals surface area contributed by atoms with Gasteiger partial charge >= 0.3 is 6.18 Å². The molecule has 2 rings (SSSR count). The van der Waals surface area contributed by atoms with E-state index in [1.54, 1.807) is 0 Å². The van der Waals surface area contributed by atoms with Crippen LogP contribution >= 0.6 is 0 Å². The molecule has 1 unspecified atom stereocenters. The first-order valence-electron chi connectivity index (χ1n) is 6.10. The number of hydrogen-bond donors (Lipinski definition) is 1. The van der Waals surface area contributed by atoms with Crippen LogP contribution in [0.15, 0.2) is 18.2 Å². The predicted molar refractivity (Wildman–Crippen MR) is 63.0 cm³/mol. The van der Waals surface area contributed by atoms with Gasteiger partial charge in [-0.1, -0.05) is 6.07 Å². The van der Waals surface area contributed by atoms with Crippen molar-refractivity contribution in [3.8, 4) is 0 Å². The number of morpholine rings is 1. The molecule has 0 amide bonds. The van der Waals surface area contributed by atoms with Gasteiger partial charge in [-0.05, 0) is 12.1 Å². The van der Waals surface area contributed by atoms with Crippen molar-refractivity contribution >= 4 is 5.78 Å². The van der Waals surface area contributed by atoms with Crippen molar-refractivity contribution in [2.24, 2.45) is 0 Å². The van der Waals surface area contributed by atoms with Crippen molar-refractivity contribution in [2.75, 3.05) is 19.7 Å². The van der Waals surface area contributed by atoms with E-state index in [9.17, 15) is 22.4 Å². The largest absolute Gasteiger partial charge is 0.419 e. The van der Waals surface area contributed by atoms with E-state index in [1.165, 1.54) is 0 Å². The van der Waals surface area contributed by atoms with Gasteiger partial charge in [0, 0.05) is 25.1 Å². The summed E-state index contributed by atoms with van der Waals surface area (Å²) >= 11 is 0. The minimum atomic E-state index is -4.76. The predicted octanol–water partition coefficient (Wildman–Crippen LogP) is 2.41. The number of ether oxygens (including phenoxy) is 1. The summed E-state index contributed by atoms with van der Waals surface area (Å²) in [5.41, 5.74) is -1.45. The van der Waals surface area contributed by atoms with Gasteiger partial charge in [0.2, 0.25) is 0 Å². The summed E-state index contributed by atoms with van der Waals surface area (Å²) in [6.07, 6.45) is -5.08. The maximum Gasteiger partial charge on any atom is 0.419 e. The molecule has 1 saturated heterocycles. The molecule has 1 aliphatic heterocycles. The van der Waals surface area contributed by atoms with Gasteiger partial charge in [0.15, 0.2) is 5.78 Å². The molecule has 1 aromatic rings. The van der Waals surface area contributed by atoms with Gasteiger partial charge in [0.25, 0.3) is 0 Å². The molecule has 0 spiro atoms. The lowest BCUT2D eigenvalue weighted by Gasteiger charge is -2.23. The Morgan fingerprint density at radius 3 is 2.70 bits per heavy atom. The Morgan fingerprint density at radius 2 is 2.15 bits per heavy atom. The zero-order valence-electron chi connectivity index (χ0n) is 10.5. The number of carbonyl (C=O) groups is 1. The van der Waals surface area contributed by atoms with Gasteiger partial charge in [-0.2, -0.15) is 13.2 Å². The van der Waals surface area contributed by atoms with Crippen LogP contribution in [0.2, 0.25) is 0 Å². The van der Waals surface area contributed by atoms with Crippen LogP contribution < -0.4 is 5.32 Å². The highest BCUT2D eigenvalue weighted by Gasteiger charge is 2.34. The van der Waals surface area contributed by atoms with E-state index in [0.717, 1.165) is 6.07 Å². The SMILES string of the molecule is O=C(CC1CNCCO1)c1ccc(C(F)(F)F)c(F)c1. The summed E-state index contributed by atoms with van der Waals surface area (Å²) in [6, 6.07) is 2.20. The molecule has 0 bridgehead atoms. The maximum absolute atomic E-state index is 13.4. The molecule has 3 nitrogen and oxygen atoms in total. The molecule has 1 atom stereocenters. The van der Waals surface area contributed by atoms with Crippen LogP contribution in [0.4, 0.5) is 17.6 Å². The molecular formula is C13H13F4NO2. The Labute approximate surface area is 112 Å². The number of Topliss-reactive ketones (excluding diaryl/α,β-unsaturated/α-hetero) is 1. The Bertz CT molecular complexity index is 496. The second-order valence-electron chi connectivity index (χ2n) is 4.52. The Kier molecular flexibility index (Phi) is 4.39. The maximum atomic E-state index is 13.4. The monoisotopic (exact) mass is 291 g/mol. The third kappa shape index (κ3) is 3.55. The molecule has 1 aromatic carbocycles. The minimum Gasteiger partial charge on any atom is -0.375 e. The van der Waals surface area contributed by atoms with Crippen molar-refractivity contribution in [1.29, 1.82) is 0 Å². The number of halogens is 4. The lowest BCUT2D eigenvalue weighted by Crippen LogP contribution is -2.39. The van der Waals surface area contributed by atoms with E-state index in [2.05, 4.69) is 5.32 Å². The van der Waals surface area contributed by atoms with Gasteiger partial charge in [0.1, 0.15) is 5.82 Å². The van der Waals surface area contributed by atoms with Crippen LogP contribution in [0, 0.1) is 5.82 Å². The third-order valence-corrected chi connectivity index (χ3v) is 3.01. The summed E-state index contributed by atoms with van der Waals surface area (Å²) in [7, 11) is 0. The van der Waals surface area contributed by atoms with Gasteiger partial charge in [-0.25, -0.2) is 4.39 Å². The normalized spacial score (nSPS) is 19.9. The summed E-state index contributed by atoms with van der Waals surface area (Å²) < 4.78 is 55.9. The van der Waals surface area contributed by atoms with Crippen LogP contribution in [0.5, 0.6) is 0 Å². The molecular weight excluding hydrogens is 278 g/mol. The summed E-state index contributed by atoms with van der Waals surface area (Å²) in [5.74, 6) is -1.88. The van der Waals surface area contributed by atoms with E-state index in [-0.39, 0.29) is 18.1 Å². The highest BCUT2D eigenvalue weighted by atomic mass is 19.4. The fraction of sp³-hybridized carbons (Fsp3) is 0.462. The van der Waals surface area contributed by atoms with Crippen molar-refractivity contribution in [3.05, 3.63) is 35.1 Å². The molecule has 0 saturated carbocycles. The van der Waals surface area contributed by atoms with Gasteiger partial charge in [-0.15, -0.1) is 0 Å². The smallest absolute Gasteiger partial charge is 0.375 e. The summed E-state index contributed by atoms with van der Waals surface area (Å²) in [4.78, 5) is 11.9. The zero-order valence-corrected chi connectivity index (χ0v) is 10.5. The van der Waals surface area contributed by atoms with E-state index < -0.39 is 23.3 Å². The van der Waals surface area contributed by atoms with E-state index >= 15 is 0 Å². The number of alkyl halides is 3. The average molecular weight is 291 g/mol. The lowest BCUT2D eigenvalue weighted by molar-refractivity contribution is -0.140. The molecule has 110 valence electrons. The third-order valence-electron chi connectivity index (χ3n) is 3.01. The summed E-state index contributed by atoms with van der Waals surface area (Å²) in [5, 5.41) is 3.03. The summed E-state index contributed by atoms with van der Waals surface area (Å²) in [6.45, 7) is 1.66. The number of nitrogens with one attached hydrogen (secondary N) is 1. The molecule has 0 radical (unpaired) electrons. The van der Waals surface area contributed by atoms with Crippen molar-refractivity contribution in [3.63, 3.8) is 0 Å². The Balaban J connectivity index is 2.09. The topological polar surface area (TPSA) is 38.3 Å². The van der Waals surface area contributed by atoms with Crippen molar-refractivity contribution < 1.29 is 27.1 Å². The highest BCUT2D eigenvalue weighted by molar-refractivity contribution is 5.96. The fourth-order valence-electron chi connectivity index (χ4n) is 1.99. The molecule has 0 aliphatic carbocycles. The van der Waals surface area contributed by atoms with Crippen LogP contribution in [-0.2, 0) is 10.9 Å². The van der Waals surface area contributed by atoms with Crippen molar-refractivity contribution in [1.82, 2.24) is 5.32 Å². The first-order chi connectivity index (χ1) is 9.38. The van der Waals surface area contributed by atoms with Gasteiger partial charge in [0.05, 0.1) is 18.3 Å². The molecule has 1 fully saturated rings. The Morgan fingerprint density at radius 1 is 1.40 bits per heavy atom. The fourth-order valence-corrected chi connectivity index (χ4v) is 1.99. The number of rotatable bonds is 3. The van der Waals surface area contributed by atoms with Crippen LogP contribution in [0.1, 0.15) is 22.3 Å². The van der Waals surface area contributed by atoms with Crippen LogP contribution in [0.3, 0.4) is 0 Å². The number of hydrogen-bond acceptors (Lipinski definition) is 3. The highest BCUT2D eigenvalue weighted by Crippen LogP contribution is 2.31. The number of carbonyl (C=O) groups excluding carboxylic acids is 1. The van der Waals surface area contributed by atoms with E-state index in [1.807, 2.05) is 0 Å².